The van der Waals surface area contributed by atoms with Crippen molar-refractivity contribution in [1.82, 2.24) is 10.6 Å². The van der Waals surface area contributed by atoms with Crippen molar-refractivity contribution in [3.63, 3.8) is 0 Å². The molecule has 6 heteroatoms. The highest BCUT2D eigenvalue weighted by Gasteiger charge is 2.06. The summed E-state index contributed by atoms with van der Waals surface area (Å²) in [7, 11) is 1.78. The molecule has 0 spiro atoms. The lowest BCUT2D eigenvalue weighted by molar-refractivity contribution is 0.500. The number of hydrogen-bond donors (Lipinski definition) is 2. The van der Waals surface area contributed by atoms with E-state index >= 15 is 0 Å². The first kappa shape index (κ1) is 18.0. The summed E-state index contributed by atoms with van der Waals surface area (Å²) in [5.41, 5.74) is 2.48. The summed E-state index contributed by atoms with van der Waals surface area (Å²) in [6.07, 6.45) is 0. The maximum Gasteiger partial charge on any atom is 0.191 e. The Kier molecular flexibility index (Phi) is 7.24. The fourth-order valence-electron chi connectivity index (χ4n) is 2.01. The van der Waals surface area contributed by atoms with Crippen LogP contribution in [0, 0.1) is 20.8 Å². The van der Waals surface area contributed by atoms with Gasteiger partial charge in [0.15, 0.2) is 5.96 Å². The Bertz CT molecular complexity index is 604. The van der Waals surface area contributed by atoms with Crippen LogP contribution in [0.2, 0.25) is 0 Å². The van der Waals surface area contributed by atoms with Crippen molar-refractivity contribution in [2.45, 2.75) is 33.9 Å². The van der Waals surface area contributed by atoms with E-state index in [4.69, 9.17) is 4.42 Å². The first-order valence-corrected chi connectivity index (χ1v) is 7.51. The minimum Gasteiger partial charge on any atom is -0.466 e. The highest BCUT2D eigenvalue weighted by Crippen LogP contribution is 2.15. The van der Waals surface area contributed by atoms with E-state index in [1.54, 1.807) is 18.4 Å². The Morgan fingerprint density at radius 3 is 2.48 bits per heavy atom. The Hall–Kier alpha value is -1.02. The summed E-state index contributed by atoms with van der Waals surface area (Å²) < 4.78 is 5.52. The van der Waals surface area contributed by atoms with Crippen molar-refractivity contribution >= 4 is 41.3 Å². The lowest BCUT2D eigenvalue weighted by Crippen LogP contribution is -2.36. The molecule has 0 aliphatic heterocycles. The predicted octanol–water partition coefficient (Wildman–Crippen LogP) is 3.75. The number of aryl methyl sites for hydroxylation is 3. The van der Waals surface area contributed by atoms with Crippen LogP contribution in [0.15, 0.2) is 26.9 Å². The molecular weight excluding hydrogens is 397 g/mol. The van der Waals surface area contributed by atoms with Gasteiger partial charge in [-0.15, -0.1) is 35.3 Å². The van der Waals surface area contributed by atoms with Crippen molar-refractivity contribution in [2.75, 3.05) is 7.05 Å². The molecule has 0 saturated carbocycles. The van der Waals surface area contributed by atoms with Crippen molar-refractivity contribution in [1.29, 1.82) is 0 Å². The van der Waals surface area contributed by atoms with Gasteiger partial charge in [-0.1, -0.05) is 0 Å². The Morgan fingerprint density at radius 1 is 1.24 bits per heavy atom. The zero-order chi connectivity index (χ0) is 14.5. The molecule has 0 unspecified atom stereocenters. The van der Waals surface area contributed by atoms with Gasteiger partial charge in [0.05, 0.1) is 6.54 Å². The molecule has 2 aromatic heterocycles. The third-order valence-corrected chi connectivity index (χ3v) is 4.22. The highest BCUT2D eigenvalue weighted by molar-refractivity contribution is 14.0. The van der Waals surface area contributed by atoms with Gasteiger partial charge in [-0.3, -0.25) is 4.99 Å². The summed E-state index contributed by atoms with van der Waals surface area (Å²) in [6, 6.07) is 4.19. The third kappa shape index (κ3) is 5.03. The van der Waals surface area contributed by atoms with Gasteiger partial charge in [-0.05, 0) is 43.8 Å². The number of hydrogen-bond acceptors (Lipinski definition) is 3. The van der Waals surface area contributed by atoms with Gasteiger partial charge < -0.3 is 15.1 Å². The maximum atomic E-state index is 5.52. The van der Waals surface area contributed by atoms with Gasteiger partial charge in [0, 0.05) is 24.0 Å². The molecule has 116 valence electrons. The fraction of sp³-hybridized carbons (Fsp3) is 0.400. The van der Waals surface area contributed by atoms with E-state index in [0.29, 0.717) is 6.54 Å². The van der Waals surface area contributed by atoms with E-state index in [0.717, 1.165) is 29.6 Å². The number of nitrogens with one attached hydrogen (secondary N) is 2. The summed E-state index contributed by atoms with van der Waals surface area (Å²) in [5.74, 6) is 2.70. The van der Waals surface area contributed by atoms with Crippen LogP contribution in [0.25, 0.3) is 0 Å². The standard InChI is InChI=1S/C15H21N3OS.HI/c1-10-5-6-20-14(10)9-18-15(16-4)17-8-13-7-11(2)19-12(13)3;/h5-7H,8-9H2,1-4H3,(H2,16,17,18);1H. The van der Waals surface area contributed by atoms with Crippen LogP contribution in [0.1, 0.15) is 27.5 Å². The molecule has 2 heterocycles. The number of rotatable bonds is 4. The average molecular weight is 419 g/mol. The normalized spacial score (nSPS) is 11.1. The van der Waals surface area contributed by atoms with E-state index in [1.807, 2.05) is 13.8 Å². The average Bonchev–Trinajstić information content (AvgIpc) is 2.96. The molecule has 21 heavy (non-hydrogen) atoms. The second-order valence-electron chi connectivity index (χ2n) is 4.74. The van der Waals surface area contributed by atoms with Gasteiger partial charge in [-0.2, -0.15) is 0 Å². The number of thiophene rings is 1. The molecule has 2 aromatic rings. The summed E-state index contributed by atoms with van der Waals surface area (Å²) >= 11 is 1.76. The molecular formula is C15H22IN3OS. The van der Waals surface area contributed by atoms with Crippen LogP contribution in [-0.4, -0.2) is 13.0 Å². The van der Waals surface area contributed by atoms with Gasteiger partial charge >= 0.3 is 0 Å². The third-order valence-electron chi connectivity index (χ3n) is 3.20. The molecule has 4 nitrogen and oxygen atoms in total. The fourth-order valence-corrected chi connectivity index (χ4v) is 2.85. The molecule has 0 bridgehead atoms. The molecule has 0 fully saturated rings. The van der Waals surface area contributed by atoms with E-state index in [9.17, 15) is 0 Å². The molecule has 0 aliphatic carbocycles. The highest BCUT2D eigenvalue weighted by atomic mass is 127. The number of aliphatic imine (C=N–C) groups is 1. The van der Waals surface area contributed by atoms with Gasteiger partial charge in [-0.25, -0.2) is 0 Å². The van der Waals surface area contributed by atoms with Crippen LogP contribution >= 0.6 is 35.3 Å². The second kappa shape index (κ2) is 8.43. The first-order chi connectivity index (χ1) is 9.60. The van der Waals surface area contributed by atoms with Crippen LogP contribution in [0.4, 0.5) is 0 Å². The molecule has 0 radical (unpaired) electrons. The van der Waals surface area contributed by atoms with Crippen molar-refractivity contribution < 1.29 is 4.42 Å². The lowest BCUT2D eigenvalue weighted by atomic mass is 10.2. The number of furan rings is 1. The van der Waals surface area contributed by atoms with Gasteiger partial charge in [0.1, 0.15) is 11.5 Å². The number of halogens is 1. The van der Waals surface area contributed by atoms with Gasteiger partial charge in [0.2, 0.25) is 0 Å². The quantitative estimate of drug-likeness (QED) is 0.451. The Morgan fingerprint density at radius 2 is 1.95 bits per heavy atom. The Balaban J connectivity index is 0.00000220. The van der Waals surface area contributed by atoms with Crippen LogP contribution in [0.5, 0.6) is 0 Å². The van der Waals surface area contributed by atoms with Crippen LogP contribution in [-0.2, 0) is 13.1 Å². The predicted molar refractivity (Wildman–Crippen MR) is 99.7 cm³/mol. The zero-order valence-electron chi connectivity index (χ0n) is 12.8. The topological polar surface area (TPSA) is 49.6 Å². The second-order valence-corrected chi connectivity index (χ2v) is 5.75. The first-order valence-electron chi connectivity index (χ1n) is 6.63. The maximum absolute atomic E-state index is 5.52. The van der Waals surface area contributed by atoms with Gasteiger partial charge in [0.25, 0.3) is 0 Å². The number of guanidine groups is 1. The molecule has 2 N–H and O–H groups in total. The van der Waals surface area contributed by atoms with E-state index < -0.39 is 0 Å². The monoisotopic (exact) mass is 419 g/mol. The summed E-state index contributed by atoms with van der Waals surface area (Å²) in [5, 5.41) is 8.74. The smallest absolute Gasteiger partial charge is 0.191 e. The zero-order valence-corrected chi connectivity index (χ0v) is 16.0. The molecule has 0 amide bonds. The molecule has 0 atom stereocenters. The largest absolute Gasteiger partial charge is 0.466 e. The molecule has 2 rings (SSSR count). The van der Waals surface area contributed by atoms with Crippen molar-refractivity contribution in [2.24, 2.45) is 4.99 Å². The van der Waals surface area contributed by atoms with Crippen LogP contribution in [0.3, 0.4) is 0 Å². The van der Waals surface area contributed by atoms with E-state index in [-0.39, 0.29) is 24.0 Å². The van der Waals surface area contributed by atoms with Crippen LogP contribution < -0.4 is 10.6 Å². The molecule has 0 aliphatic rings. The van der Waals surface area contributed by atoms with E-state index in [1.165, 1.54) is 10.4 Å². The summed E-state index contributed by atoms with van der Waals surface area (Å²) in [6.45, 7) is 7.58. The molecule has 0 saturated heterocycles. The van der Waals surface area contributed by atoms with Crippen molar-refractivity contribution in [3.05, 3.63) is 45.0 Å². The summed E-state index contributed by atoms with van der Waals surface area (Å²) in [4.78, 5) is 5.57. The number of nitrogens with zero attached hydrogens (tertiary/aromatic N) is 1. The van der Waals surface area contributed by atoms with E-state index in [2.05, 4.69) is 40.1 Å². The minimum absolute atomic E-state index is 0. The van der Waals surface area contributed by atoms with Crippen molar-refractivity contribution in [3.8, 4) is 0 Å². The minimum atomic E-state index is 0. The lowest BCUT2D eigenvalue weighted by Gasteiger charge is -2.11. The Labute approximate surface area is 147 Å². The SMILES string of the molecule is CN=C(NCc1cc(C)oc1C)NCc1sccc1C.I. The molecule has 0 aromatic carbocycles.